The highest BCUT2D eigenvalue weighted by atomic mass is 35.5. The maximum atomic E-state index is 5.61. The number of aryl methyl sites for hydroxylation is 1. The first-order valence-corrected chi connectivity index (χ1v) is 5.18. The zero-order valence-electron chi connectivity index (χ0n) is 9.59. The number of hydrogen-bond donors (Lipinski definition) is 1. The Morgan fingerprint density at radius 3 is 2.65 bits per heavy atom. The molecule has 0 aliphatic carbocycles. The molecule has 0 unspecified atom stereocenters. The second kappa shape index (κ2) is 6.23. The molecule has 0 saturated heterocycles. The Hall–Kier alpha value is -1.58. The molecule has 4 heteroatoms. The molecular weight excluding hydrogens is 236 g/mol. The number of nitrogens with zero attached hydrogens (tertiary/aromatic N) is 1. The molecule has 0 amide bonds. The van der Waals surface area contributed by atoms with Crippen molar-refractivity contribution >= 4 is 12.4 Å². The summed E-state index contributed by atoms with van der Waals surface area (Å²) in [6, 6.07) is 11.4. The molecular formula is C13H15ClN2O. The minimum atomic E-state index is 0. The van der Waals surface area contributed by atoms with Gasteiger partial charge < -0.3 is 10.5 Å². The van der Waals surface area contributed by atoms with E-state index < -0.39 is 0 Å². The van der Waals surface area contributed by atoms with Gasteiger partial charge >= 0.3 is 0 Å². The average Bonchev–Trinajstić information content (AvgIpc) is 2.31. The van der Waals surface area contributed by atoms with Crippen molar-refractivity contribution in [1.29, 1.82) is 0 Å². The Morgan fingerprint density at radius 2 is 2.06 bits per heavy atom. The van der Waals surface area contributed by atoms with E-state index in [0.717, 1.165) is 16.9 Å². The quantitative estimate of drug-likeness (QED) is 0.911. The van der Waals surface area contributed by atoms with Gasteiger partial charge in [0.05, 0.1) is 0 Å². The fraction of sp³-hybridized carbons (Fsp3) is 0.154. The molecule has 0 spiro atoms. The summed E-state index contributed by atoms with van der Waals surface area (Å²) < 4.78 is 5.61. The van der Waals surface area contributed by atoms with Gasteiger partial charge in [-0.15, -0.1) is 12.4 Å². The fourth-order valence-electron chi connectivity index (χ4n) is 1.49. The SMILES string of the molecule is Cc1cc(Oc2ccccn2)ccc1CN.Cl. The highest BCUT2D eigenvalue weighted by molar-refractivity contribution is 5.85. The number of aromatic nitrogens is 1. The topological polar surface area (TPSA) is 48.1 Å². The van der Waals surface area contributed by atoms with Crippen LogP contribution in [0.15, 0.2) is 42.6 Å². The Bertz CT molecular complexity index is 474. The van der Waals surface area contributed by atoms with Crippen LogP contribution in [0, 0.1) is 6.92 Å². The van der Waals surface area contributed by atoms with E-state index in [1.54, 1.807) is 6.20 Å². The molecule has 1 heterocycles. The molecule has 3 nitrogen and oxygen atoms in total. The Morgan fingerprint density at radius 1 is 1.24 bits per heavy atom. The Balaban J connectivity index is 0.00000144. The summed E-state index contributed by atoms with van der Waals surface area (Å²) in [4.78, 5) is 4.10. The third kappa shape index (κ3) is 3.44. The van der Waals surface area contributed by atoms with Crippen LogP contribution in [0.1, 0.15) is 11.1 Å². The van der Waals surface area contributed by atoms with Gasteiger partial charge in [-0.25, -0.2) is 4.98 Å². The zero-order chi connectivity index (χ0) is 11.4. The summed E-state index contributed by atoms with van der Waals surface area (Å²) in [5.41, 5.74) is 7.87. The molecule has 2 rings (SSSR count). The fourth-order valence-corrected chi connectivity index (χ4v) is 1.49. The van der Waals surface area contributed by atoms with Gasteiger partial charge in [-0.3, -0.25) is 0 Å². The molecule has 0 aliphatic heterocycles. The van der Waals surface area contributed by atoms with Crippen LogP contribution in [0.4, 0.5) is 0 Å². The molecule has 1 aromatic carbocycles. The van der Waals surface area contributed by atoms with Gasteiger partial charge in [0.1, 0.15) is 5.75 Å². The van der Waals surface area contributed by atoms with Crippen molar-refractivity contribution in [3.8, 4) is 11.6 Å². The Kier molecular flexibility index (Phi) is 4.94. The molecule has 1 aromatic heterocycles. The summed E-state index contributed by atoms with van der Waals surface area (Å²) in [6.45, 7) is 2.57. The van der Waals surface area contributed by atoms with E-state index in [-0.39, 0.29) is 12.4 Å². The third-order valence-electron chi connectivity index (χ3n) is 2.39. The lowest BCUT2D eigenvalue weighted by Crippen LogP contribution is -1.99. The molecule has 0 aliphatic rings. The number of rotatable bonds is 3. The minimum absolute atomic E-state index is 0. The minimum Gasteiger partial charge on any atom is -0.439 e. The Labute approximate surface area is 107 Å². The number of benzene rings is 1. The molecule has 2 aromatic rings. The van der Waals surface area contributed by atoms with Crippen LogP contribution in [0.25, 0.3) is 0 Å². The third-order valence-corrected chi connectivity index (χ3v) is 2.39. The van der Waals surface area contributed by atoms with E-state index in [0.29, 0.717) is 12.4 Å². The highest BCUT2D eigenvalue weighted by Gasteiger charge is 2.01. The lowest BCUT2D eigenvalue weighted by atomic mass is 10.1. The van der Waals surface area contributed by atoms with Crippen LogP contribution in [-0.4, -0.2) is 4.98 Å². The average molecular weight is 251 g/mol. The predicted molar refractivity (Wildman–Crippen MR) is 70.6 cm³/mol. The first-order chi connectivity index (χ1) is 7.79. The van der Waals surface area contributed by atoms with Crippen LogP contribution in [0.3, 0.4) is 0 Å². The number of ether oxygens (including phenoxy) is 1. The molecule has 0 bridgehead atoms. The monoisotopic (exact) mass is 250 g/mol. The van der Waals surface area contributed by atoms with Gasteiger partial charge in [-0.1, -0.05) is 12.1 Å². The summed E-state index contributed by atoms with van der Waals surface area (Å²) in [5, 5.41) is 0. The number of pyridine rings is 1. The standard InChI is InChI=1S/C13H14N2O.ClH/c1-10-8-12(6-5-11(10)9-14)16-13-4-2-3-7-15-13;/h2-8H,9,14H2,1H3;1H. The van der Waals surface area contributed by atoms with Crippen LogP contribution in [0.5, 0.6) is 11.6 Å². The highest BCUT2D eigenvalue weighted by Crippen LogP contribution is 2.21. The second-order valence-electron chi connectivity index (χ2n) is 3.56. The van der Waals surface area contributed by atoms with Crippen molar-refractivity contribution < 1.29 is 4.74 Å². The van der Waals surface area contributed by atoms with Gasteiger partial charge in [0.15, 0.2) is 0 Å². The molecule has 0 radical (unpaired) electrons. The van der Waals surface area contributed by atoms with E-state index in [4.69, 9.17) is 10.5 Å². The van der Waals surface area contributed by atoms with Crippen molar-refractivity contribution in [1.82, 2.24) is 4.98 Å². The van der Waals surface area contributed by atoms with Gasteiger partial charge in [-0.05, 0) is 36.2 Å². The smallest absolute Gasteiger partial charge is 0.219 e. The van der Waals surface area contributed by atoms with Crippen LogP contribution in [-0.2, 0) is 6.54 Å². The van der Waals surface area contributed by atoms with Gasteiger partial charge in [0.25, 0.3) is 0 Å². The second-order valence-corrected chi connectivity index (χ2v) is 3.56. The zero-order valence-corrected chi connectivity index (χ0v) is 10.4. The number of hydrogen-bond acceptors (Lipinski definition) is 3. The molecule has 0 atom stereocenters. The maximum Gasteiger partial charge on any atom is 0.219 e. The first-order valence-electron chi connectivity index (χ1n) is 5.18. The maximum absolute atomic E-state index is 5.61. The summed E-state index contributed by atoms with van der Waals surface area (Å²) in [5.74, 6) is 1.38. The van der Waals surface area contributed by atoms with E-state index in [1.165, 1.54) is 0 Å². The van der Waals surface area contributed by atoms with Gasteiger partial charge in [0.2, 0.25) is 5.88 Å². The molecule has 17 heavy (non-hydrogen) atoms. The first kappa shape index (κ1) is 13.5. The number of nitrogens with two attached hydrogens (primary N) is 1. The van der Waals surface area contributed by atoms with E-state index >= 15 is 0 Å². The number of halogens is 1. The molecule has 2 N–H and O–H groups in total. The lowest BCUT2D eigenvalue weighted by Gasteiger charge is -2.07. The van der Waals surface area contributed by atoms with Crippen molar-refractivity contribution in [3.05, 3.63) is 53.7 Å². The van der Waals surface area contributed by atoms with Gasteiger partial charge in [0, 0.05) is 18.8 Å². The van der Waals surface area contributed by atoms with Crippen LogP contribution < -0.4 is 10.5 Å². The summed E-state index contributed by atoms with van der Waals surface area (Å²) >= 11 is 0. The molecule has 0 fully saturated rings. The van der Waals surface area contributed by atoms with Crippen molar-refractivity contribution in [3.63, 3.8) is 0 Å². The lowest BCUT2D eigenvalue weighted by molar-refractivity contribution is 0.462. The van der Waals surface area contributed by atoms with Crippen molar-refractivity contribution in [2.75, 3.05) is 0 Å². The molecule has 0 saturated carbocycles. The normalized spacial score (nSPS) is 9.53. The van der Waals surface area contributed by atoms with E-state index in [1.807, 2.05) is 43.3 Å². The molecule has 90 valence electrons. The van der Waals surface area contributed by atoms with Gasteiger partial charge in [-0.2, -0.15) is 0 Å². The summed E-state index contributed by atoms with van der Waals surface area (Å²) in [7, 11) is 0. The van der Waals surface area contributed by atoms with E-state index in [9.17, 15) is 0 Å². The van der Waals surface area contributed by atoms with E-state index in [2.05, 4.69) is 4.98 Å². The largest absolute Gasteiger partial charge is 0.439 e. The predicted octanol–water partition coefficient (Wildman–Crippen LogP) is 3.06. The van der Waals surface area contributed by atoms with Crippen molar-refractivity contribution in [2.24, 2.45) is 5.73 Å². The van der Waals surface area contributed by atoms with Crippen LogP contribution in [0.2, 0.25) is 0 Å². The van der Waals surface area contributed by atoms with Crippen molar-refractivity contribution in [2.45, 2.75) is 13.5 Å². The van der Waals surface area contributed by atoms with Crippen LogP contribution >= 0.6 is 12.4 Å². The summed E-state index contributed by atoms with van der Waals surface area (Å²) in [6.07, 6.45) is 1.70.